The summed E-state index contributed by atoms with van der Waals surface area (Å²) in [6.07, 6.45) is -1.18. The highest BCUT2D eigenvalue weighted by atomic mass is 16.4. The molecule has 0 saturated carbocycles. The van der Waals surface area contributed by atoms with Crippen molar-refractivity contribution in [1.82, 2.24) is 0 Å². The Bertz CT molecular complexity index is 227. The lowest BCUT2D eigenvalue weighted by Crippen LogP contribution is -2.61. The van der Waals surface area contributed by atoms with Gasteiger partial charge in [-0.15, -0.1) is 0 Å². The monoisotopic (exact) mass is 172 g/mol. The number of carboxylic acid groups (broad SMARTS) is 1. The zero-order valence-electron chi connectivity index (χ0n) is 6.99. The molecule has 0 radical (unpaired) electrons. The van der Waals surface area contributed by atoms with Gasteiger partial charge in [0, 0.05) is 6.92 Å². The van der Waals surface area contributed by atoms with Gasteiger partial charge in [-0.05, 0) is 0 Å². The van der Waals surface area contributed by atoms with Crippen LogP contribution < -0.4 is 5.11 Å². The van der Waals surface area contributed by atoms with Gasteiger partial charge in [-0.25, -0.2) is 9.48 Å². The van der Waals surface area contributed by atoms with E-state index in [4.69, 9.17) is 5.11 Å². The molecule has 0 aromatic rings. The molecule has 1 unspecified atom stereocenters. The minimum absolute atomic E-state index is 0.150. The van der Waals surface area contributed by atoms with Crippen molar-refractivity contribution in [1.29, 1.82) is 0 Å². The van der Waals surface area contributed by atoms with Crippen LogP contribution in [0.4, 0.5) is 4.79 Å². The molecule has 0 aliphatic carbocycles. The van der Waals surface area contributed by atoms with Crippen molar-refractivity contribution in [2.45, 2.75) is 6.92 Å². The smallest absolute Gasteiger partial charge is 0.263 e. The molecule has 1 atom stereocenters. The van der Waals surface area contributed by atoms with Crippen molar-refractivity contribution >= 4 is 11.9 Å². The Hall–Kier alpha value is -0.940. The molecule has 12 heavy (non-hydrogen) atoms. The number of aliphatic hydroxyl groups excluding tert-OH is 1. The van der Waals surface area contributed by atoms with Gasteiger partial charge >= 0.3 is 0 Å². The summed E-state index contributed by atoms with van der Waals surface area (Å²) in [5.74, 6) is 0.518. The molecule has 5 nitrogen and oxygen atoms in total. The number of aliphatic hydroxyl groups is 1. The quantitative estimate of drug-likeness (QED) is 0.519. The second kappa shape index (κ2) is 3.20. The first kappa shape index (κ1) is 9.15. The lowest BCUT2D eigenvalue weighted by molar-refractivity contribution is -0.785. The van der Waals surface area contributed by atoms with Crippen LogP contribution >= 0.6 is 0 Å². The van der Waals surface area contributed by atoms with E-state index in [0.29, 0.717) is 18.9 Å². The standard InChI is InChI=1S/C7H12N2O3/c1-6-8-2-3-9(6,4-5-10)7(11)12/h10H,2-5H2,1H3. The third-order valence-electron chi connectivity index (χ3n) is 2.27. The van der Waals surface area contributed by atoms with Crippen LogP contribution in [-0.4, -0.2) is 47.8 Å². The molecule has 0 spiro atoms. The van der Waals surface area contributed by atoms with Gasteiger partial charge in [-0.2, -0.15) is 0 Å². The molecule has 1 rings (SSSR count). The molecular formula is C7H12N2O3. The number of rotatable bonds is 2. The average Bonchev–Trinajstić information content (AvgIpc) is 2.34. The van der Waals surface area contributed by atoms with Gasteiger partial charge in [0.05, 0.1) is 13.2 Å². The molecule has 1 heterocycles. The zero-order chi connectivity index (χ0) is 9.19. The second-order valence-corrected chi connectivity index (χ2v) is 2.83. The molecular weight excluding hydrogens is 160 g/mol. The molecule has 0 saturated heterocycles. The number of hydrogen-bond acceptors (Lipinski definition) is 4. The van der Waals surface area contributed by atoms with E-state index in [1.165, 1.54) is 0 Å². The SMILES string of the molecule is CC1=NCC[N+]1(CCO)C(=O)[O-]. The minimum atomic E-state index is -1.18. The summed E-state index contributed by atoms with van der Waals surface area (Å²) >= 11 is 0. The van der Waals surface area contributed by atoms with Crippen LogP contribution in [0.25, 0.3) is 0 Å². The fourth-order valence-corrected chi connectivity index (χ4v) is 1.44. The van der Waals surface area contributed by atoms with Crippen molar-refractivity contribution in [2.75, 3.05) is 26.2 Å². The highest BCUT2D eigenvalue weighted by molar-refractivity contribution is 5.83. The number of amides is 1. The van der Waals surface area contributed by atoms with E-state index in [9.17, 15) is 9.90 Å². The summed E-state index contributed by atoms with van der Waals surface area (Å²) in [5.41, 5.74) is 0. The summed E-state index contributed by atoms with van der Waals surface area (Å²) < 4.78 is -0.309. The normalized spacial score (nSPS) is 28.7. The Morgan fingerprint density at radius 2 is 2.50 bits per heavy atom. The van der Waals surface area contributed by atoms with Crippen molar-refractivity contribution in [3.63, 3.8) is 0 Å². The fourth-order valence-electron chi connectivity index (χ4n) is 1.44. The summed E-state index contributed by atoms with van der Waals surface area (Å²) in [6, 6.07) is 0. The van der Waals surface area contributed by atoms with Gasteiger partial charge in [-0.1, -0.05) is 0 Å². The Kier molecular flexibility index (Phi) is 2.44. The van der Waals surface area contributed by atoms with E-state index in [1.54, 1.807) is 6.92 Å². The van der Waals surface area contributed by atoms with Crippen LogP contribution in [0.2, 0.25) is 0 Å². The number of amidine groups is 1. The number of carbonyl (C=O) groups excluding carboxylic acids is 1. The fraction of sp³-hybridized carbons (Fsp3) is 0.714. The maximum atomic E-state index is 10.8. The van der Waals surface area contributed by atoms with E-state index in [1.807, 2.05) is 0 Å². The van der Waals surface area contributed by atoms with Crippen LogP contribution in [0.15, 0.2) is 4.99 Å². The number of aliphatic imine (C=N–C) groups is 1. The molecule has 0 bridgehead atoms. The predicted octanol–water partition coefficient (Wildman–Crippen LogP) is -1.43. The number of hydrogen-bond donors (Lipinski definition) is 1. The van der Waals surface area contributed by atoms with E-state index in [0.717, 1.165) is 0 Å². The average molecular weight is 172 g/mol. The van der Waals surface area contributed by atoms with Crippen LogP contribution in [0.1, 0.15) is 6.92 Å². The Morgan fingerprint density at radius 1 is 1.83 bits per heavy atom. The van der Waals surface area contributed by atoms with Gasteiger partial charge < -0.3 is 15.0 Å². The van der Waals surface area contributed by atoms with Crippen molar-refractivity contribution in [2.24, 2.45) is 4.99 Å². The molecule has 1 amide bonds. The Morgan fingerprint density at radius 3 is 2.83 bits per heavy atom. The van der Waals surface area contributed by atoms with E-state index in [2.05, 4.69) is 4.99 Å². The predicted molar refractivity (Wildman–Crippen MR) is 40.5 cm³/mol. The van der Waals surface area contributed by atoms with Crippen LogP contribution in [0, 0.1) is 0 Å². The summed E-state index contributed by atoms with van der Waals surface area (Å²) in [7, 11) is 0. The lowest BCUT2D eigenvalue weighted by atomic mass is 10.4. The number of quaternary nitrogens is 1. The van der Waals surface area contributed by atoms with Crippen molar-refractivity contribution in [3.8, 4) is 0 Å². The Labute approximate surface area is 70.5 Å². The first-order valence-corrected chi connectivity index (χ1v) is 3.84. The van der Waals surface area contributed by atoms with Gasteiger partial charge in [0.15, 0.2) is 0 Å². The van der Waals surface area contributed by atoms with Gasteiger partial charge in [0.25, 0.3) is 6.09 Å². The molecule has 0 fully saturated rings. The number of carbonyl (C=O) groups is 1. The molecule has 68 valence electrons. The summed E-state index contributed by atoms with van der Waals surface area (Å²) in [6.45, 7) is 2.53. The third-order valence-corrected chi connectivity index (χ3v) is 2.27. The third kappa shape index (κ3) is 1.21. The largest absolute Gasteiger partial charge is 0.498 e. The van der Waals surface area contributed by atoms with E-state index >= 15 is 0 Å². The molecule has 1 aliphatic heterocycles. The van der Waals surface area contributed by atoms with Gasteiger partial charge in [-0.3, -0.25) is 0 Å². The van der Waals surface area contributed by atoms with Gasteiger partial charge in [0.2, 0.25) is 5.84 Å². The van der Waals surface area contributed by atoms with Crippen LogP contribution in [-0.2, 0) is 0 Å². The highest BCUT2D eigenvalue weighted by Crippen LogP contribution is 2.13. The number of nitrogens with zero attached hydrogens (tertiary/aromatic N) is 2. The van der Waals surface area contributed by atoms with Crippen LogP contribution in [0.5, 0.6) is 0 Å². The maximum Gasteiger partial charge on any atom is 0.263 e. The van der Waals surface area contributed by atoms with Crippen LogP contribution in [0.3, 0.4) is 0 Å². The molecule has 5 heteroatoms. The van der Waals surface area contributed by atoms with Crippen molar-refractivity contribution in [3.05, 3.63) is 0 Å². The zero-order valence-corrected chi connectivity index (χ0v) is 6.99. The van der Waals surface area contributed by atoms with E-state index in [-0.39, 0.29) is 17.6 Å². The highest BCUT2D eigenvalue weighted by Gasteiger charge is 2.37. The summed E-state index contributed by atoms with van der Waals surface area (Å²) in [5, 5.41) is 19.5. The van der Waals surface area contributed by atoms with E-state index < -0.39 is 6.09 Å². The molecule has 0 aromatic carbocycles. The molecule has 1 N–H and O–H groups in total. The second-order valence-electron chi connectivity index (χ2n) is 2.83. The lowest BCUT2D eigenvalue weighted by Gasteiger charge is -2.31. The first-order chi connectivity index (χ1) is 5.63. The first-order valence-electron chi connectivity index (χ1n) is 3.84. The van der Waals surface area contributed by atoms with Gasteiger partial charge in [0.1, 0.15) is 13.1 Å². The molecule has 1 aliphatic rings. The summed E-state index contributed by atoms with van der Waals surface area (Å²) in [4.78, 5) is 14.8. The topological polar surface area (TPSA) is 72.7 Å². The van der Waals surface area contributed by atoms with Crippen molar-refractivity contribution < 1.29 is 19.5 Å². The minimum Gasteiger partial charge on any atom is -0.498 e. The Balaban J connectivity index is 2.87. The maximum absolute atomic E-state index is 10.8. The molecule has 0 aromatic heterocycles.